The average Bonchev–Trinajstić information content (AvgIpc) is 2.07. The second-order valence-corrected chi connectivity index (χ2v) is 1.56. The van der Waals surface area contributed by atoms with E-state index in [2.05, 4.69) is 0 Å². The maximum atomic E-state index is 8.63. The molecule has 0 amide bonds. The highest BCUT2D eigenvalue weighted by atomic mass is 16.3. The lowest BCUT2D eigenvalue weighted by Gasteiger charge is -1.82. The van der Waals surface area contributed by atoms with Crippen molar-refractivity contribution in [2.75, 3.05) is 0 Å². The summed E-state index contributed by atoms with van der Waals surface area (Å²) in [5.41, 5.74) is 0. The number of hydrogen-bond donors (Lipinski definition) is 2. The minimum Gasteiger partial charge on any atom is -0.508 e. The van der Waals surface area contributed by atoms with Gasteiger partial charge in [0.25, 0.3) is 0 Å². The van der Waals surface area contributed by atoms with E-state index in [1.807, 2.05) is 6.07 Å². The Hall–Kier alpha value is -2.04. The molecular formula is C8H9N3O. The number of aromatic hydroxyl groups is 1. The minimum atomic E-state index is 0. The van der Waals surface area contributed by atoms with E-state index in [-0.39, 0.29) is 6.15 Å². The van der Waals surface area contributed by atoms with Crippen LogP contribution in [-0.4, -0.2) is 5.11 Å². The van der Waals surface area contributed by atoms with Gasteiger partial charge in [-0.1, -0.05) is 18.2 Å². The van der Waals surface area contributed by atoms with Gasteiger partial charge in [-0.2, -0.15) is 10.5 Å². The summed E-state index contributed by atoms with van der Waals surface area (Å²) in [5, 5.41) is 23.2. The van der Waals surface area contributed by atoms with Gasteiger partial charge >= 0.3 is 0 Å². The number of benzene rings is 1. The van der Waals surface area contributed by atoms with Gasteiger partial charge in [0.1, 0.15) is 5.75 Å². The SMILES string of the molecule is N.N#CC#N.Oc1ccccc1. The average molecular weight is 163 g/mol. The lowest BCUT2D eigenvalue weighted by Crippen LogP contribution is -1.56. The first-order valence-electron chi connectivity index (χ1n) is 2.83. The van der Waals surface area contributed by atoms with Crippen molar-refractivity contribution < 1.29 is 5.11 Å². The Kier molecular flexibility index (Phi) is 9.42. The van der Waals surface area contributed by atoms with E-state index in [1.165, 1.54) is 12.1 Å². The van der Waals surface area contributed by atoms with Crippen LogP contribution in [0.3, 0.4) is 0 Å². The van der Waals surface area contributed by atoms with Gasteiger partial charge in [0.15, 0.2) is 12.1 Å². The van der Waals surface area contributed by atoms with Gasteiger partial charge in [0.05, 0.1) is 0 Å². The van der Waals surface area contributed by atoms with Gasteiger partial charge in [-0.3, -0.25) is 0 Å². The first-order chi connectivity index (χ1) is 5.31. The molecule has 0 aliphatic rings. The van der Waals surface area contributed by atoms with Crippen LogP contribution in [0.2, 0.25) is 0 Å². The molecule has 62 valence electrons. The second kappa shape index (κ2) is 8.96. The molecule has 0 saturated carbocycles. The molecule has 4 heteroatoms. The predicted octanol–water partition coefficient (Wildman–Crippen LogP) is 1.59. The Morgan fingerprint density at radius 3 is 1.58 bits per heavy atom. The molecule has 0 radical (unpaired) electrons. The Bertz CT molecular complexity index is 259. The summed E-state index contributed by atoms with van der Waals surface area (Å²) in [5.74, 6) is 0.322. The molecule has 1 aromatic rings. The van der Waals surface area contributed by atoms with Crippen molar-refractivity contribution in [3.8, 4) is 17.9 Å². The number of phenolic OH excluding ortho intramolecular Hbond substituents is 1. The van der Waals surface area contributed by atoms with Crippen LogP contribution in [0.4, 0.5) is 0 Å². The third-order valence-electron chi connectivity index (χ3n) is 0.806. The van der Waals surface area contributed by atoms with Gasteiger partial charge < -0.3 is 11.3 Å². The molecule has 0 heterocycles. The quantitative estimate of drug-likeness (QED) is 0.606. The third-order valence-corrected chi connectivity index (χ3v) is 0.806. The molecule has 12 heavy (non-hydrogen) atoms. The Morgan fingerprint density at radius 1 is 1.00 bits per heavy atom. The van der Waals surface area contributed by atoms with Crippen molar-refractivity contribution in [1.82, 2.24) is 6.15 Å². The second-order valence-electron chi connectivity index (χ2n) is 1.56. The Balaban J connectivity index is 0. The topological polar surface area (TPSA) is 103 Å². The number of para-hydroxylation sites is 1. The van der Waals surface area contributed by atoms with Gasteiger partial charge in [0.2, 0.25) is 0 Å². The zero-order valence-corrected chi connectivity index (χ0v) is 6.44. The zero-order chi connectivity index (χ0) is 8.53. The largest absolute Gasteiger partial charge is 0.508 e. The summed E-state index contributed by atoms with van der Waals surface area (Å²) >= 11 is 0. The highest BCUT2D eigenvalue weighted by Gasteiger charge is 1.74. The summed E-state index contributed by atoms with van der Waals surface area (Å²) in [7, 11) is 0. The van der Waals surface area contributed by atoms with E-state index in [1.54, 1.807) is 24.3 Å². The molecule has 0 saturated heterocycles. The number of nitriles is 2. The van der Waals surface area contributed by atoms with E-state index in [0.29, 0.717) is 5.75 Å². The van der Waals surface area contributed by atoms with Gasteiger partial charge in [-0.15, -0.1) is 0 Å². The minimum absolute atomic E-state index is 0. The van der Waals surface area contributed by atoms with Crippen LogP contribution >= 0.6 is 0 Å². The maximum absolute atomic E-state index is 8.63. The summed E-state index contributed by atoms with van der Waals surface area (Å²) in [6, 6.07) is 11.2. The van der Waals surface area contributed by atoms with Crippen molar-refractivity contribution in [2.24, 2.45) is 0 Å². The number of hydrogen-bond acceptors (Lipinski definition) is 4. The van der Waals surface area contributed by atoms with Crippen LogP contribution in [0.25, 0.3) is 0 Å². The van der Waals surface area contributed by atoms with Gasteiger partial charge in [0, 0.05) is 0 Å². The fraction of sp³-hybridized carbons (Fsp3) is 0. The highest BCUT2D eigenvalue weighted by molar-refractivity contribution is 5.18. The molecule has 0 spiro atoms. The van der Waals surface area contributed by atoms with Crippen molar-refractivity contribution in [3.05, 3.63) is 30.3 Å². The zero-order valence-electron chi connectivity index (χ0n) is 6.44. The Morgan fingerprint density at radius 2 is 1.42 bits per heavy atom. The van der Waals surface area contributed by atoms with Crippen LogP contribution in [0.1, 0.15) is 0 Å². The van der Waals surface area contributed by atoms with Crippen LogP contribution in [0, 0.1) is 22.7 Å². The van der Waals surface area contributed by atoms with Crippen LogP contribution in [0.5, 0.6) is 5.75 Å². The van der Waals surface area contributed by atoms with E-state index in [9.17, 15) is 0 Å². The molecule has 0 aliphatic carbocycles. The van der Waals surface area contributed by atoms with E-state index in [0.717, 1.165) is 0 Å². The monoisotopic (exact) mass is 163 g/mol. The molecule has 1 rings (SSSR count). The normalized spacial score (nSPS) is 5.83. The number of nitrogens with zero attached hydrogens (tertiary/aromatic N) is 2. The van der Waals surface area contributed by atoms with Crippen molar-refractivity contribution in [1.29, 1.82) is 10.5 Å². The smallest absolute Gasteiger partial charge is 0.181 e. The molecule has 0 bridgehead atoms. The van der Waals surface area contributed by atoms with E-state index >= 15 is 0 Å². The maximum Gasteiger partial charge on any atom is 0.181 e. The van der Waals surface area contributed by atoms with E-state index < -0.39 is 0 Å². The third kappa shape index (κ3) is 7.96. The summed E-state index contributed by atoms with van der Waals surface area (Å²) in [4.78, 5) is 0. The van der Waals surface area contributed by atoms with Crippen molar-refractivity contribution in [2.45, 2.75) is 0 Å². The lowest BCUT2D eigenvalue weighted by molar-refractivity contribution is 0.475. The van der Waals surface area contributed by atoms with Crippen LogP contribution in [-0.2, 0) is 0 Å². The number of rotatable bonds is 0. The first-order valence-corrected chi connectivity index (χ1v) is 2.83. The highest BCUT2D eigenvalue weighted by Crippen LogP contribution is 2.02. The molecule has 0 aliphatic heterocycles. The fourth-order valence-electron chi connectivity index (χ4n) is 0.428. The van der Waals surface area contributed by atoms with Crippen molar-refractivity contribution >= 4 is 0 Å². The lowest BCUT2D eigenvalue weighted by atomic mass is 10.3. The molecule has 0 atom stereocenters. The molecular weight excluding hydrogens is 154 g/mol. The fourth-order valence-corrected chi connectivity index (χ4v) is 0.428. The summed E-state index contributed by atoms with van der Waals surface area (Å²) in [6.07, 6.45) is 0. The van der Waals surface area contributed by atoms with Crippen LogP contribution in [0.15, 0.2) is 30.3 Å². The molecule has 0 fully saturated rings. The molecule has 4 N–H and O–H groups in total. The molecule has 0 aromatic heterocycles. The summed E-state index contributed by atoms with van der Waals surface area (Å²) < 4.78 is 0. The number of phenols is 1. The molecule has 0 unspecified atom stereocenters. The molecule has 4 nitrogen and oxygen atoms in total. The van der Waals surface area contributed by atoms with Gasteiger partial charge in [-0.05, 0) is 12.1 Å². The standard InChI is InChI=1S/C6H6O.C2N2.H3N/c7-6-4-2-1-3-5-6;3-1-2-4;/h1-5,7H;;1H3. The Labute approximate surface area is 70.9 Å². The molecule has 1 aromatic carbocycles. The van der Waals surface area contributed by atoms with Gasteiger partial charge in [-0.25, -0.2) is 0 Å². The van der Waals surface area contributed by atoms with Crippen LogP contribution < -0.4 is 6.15 Å². The first kappa shape index (κ1) is 12.6. The predicted molar refractivity (Wildman–Crippen MR) is 44.4 cm³/mol. The van der Waals surface area contributed by atoms with Crippen molar-refractivity contribution in [3.63, 3.8) is 0 Å². The summed E-state index contributed by atoms with van der Waals surface area (Å²) in [6.45, 7) is 0. The van der Waals surface area contributed by atoms with E-state index in [4.69, 9.17) is 15.6 Å².